The minimum atomic E-state index is -2.23. The molecule has 2 aliphatic heterocycles. The van der Waals surface area contributed by atoms with E-state index in [0.29, 0.717) is 12.8 Å². The van der Waals surface area contributed by atoms with Crippen LogP contribution in [0.1, 0.15) is 139 Å². The molecule has 2 heterocycles. The fourth-order valence-corrected chi connectivity index (χ4v) is 16.9. The molecule has 12 nitrogen and oxygen atoms in total. The van der Waals surface area contributed by atoms with E-state index in [1.54, 1.807) is 32.6 Å². The molecule has 3 aromatic carbocycles. The second-order valence-corrected chi connectivity index (χ2v) is 26.5. The number of carbonyl (C=O) groups excluding carboxylic acids is 2. The van der Waals surface area contributed by atoms with Gasteiger partial charge in [-0.2, -0.15) is 0 Å². The van der Waals surface area contributed by atoms with Crippen molar-refractivity contribution in [3.05, 3.63) is 91.0 Å². The van der Waals surface area contributed by atoms with E-state index in [0.717, 1.165) is 31.8 Å². The van der Waals surface area contributed by atoms with Crippen LogP contribution in [0.25, 0.3) is 0 Å². The SMILES string of the molecule is CC[C@H]1OC(=O)C(C)[C@@H](O)C(C)[C@@H](O[C@@H]2OC(C)C[C@H](N(C)C)[C@H]2O)[C@](C)(O)CC(C)CN(C(=O)CCCCCCCCCCC[PH](c2ccccc2)(c2ccccc2)c2ccccc2)C(C)[C@@H](O)[C@]1(C)O. The van der Waals surface area contributed by atoms with Gasteiger partial charge in [0.25, 0.3) is 0 Å². The van der Waals surface area contributed by atoms with E-state index in [2.05, 4.69) is 91.0 Å². The van der Waals surface area contributed by atoms with Gasteiger partial charge in [-0.15, -0.1) is 0 Å². The number of likely N-dealkylation sites (N-methyl/N-ethyl adjacent to an activating group) is 1. The molecule has 1 amide bonds. The Labute approximate surface area is 433 Å². The first-order valence-electron chi connectivity index (χ1n) is 27.3. The van der Waals surface area contributed by atoms with E-state index in [1.165, 1.54) is 55.4 Å². The summed E-state index contributed by atoms with van der Waals surface area (Å²) in [5, 5.41) is 63.9. The molecule has 5 unspecified atom stereocenters. The van der Waals surface area contributed by atoms with Crippen LogP contribution in [-0.4, -0.2) is 140 Å². The molecule has 3 aromatic rings. The summed E-state index contributed by atoms with van der Waals surface area (Å²) in [5.41, 5.74) is -3.61. The number of amides is 1. The normalized spacial score (nSPS) is 32.7. The molecule has 72 heavy (non-hydrogen) atoms. The molecule has 0 saturated carbocycles. The Morgan fingerprint density at radius 1 is 0.750 bits per heavy atom. The maximum absolute atomic E-state index is 14.3. The number of hydrogen-bond donors (Lipinski definition) is 5. The molecular weight excluding hydrogens is 928 g/mol. The molecular formula is C59H93N2O10P. The van der Waals surface area contributed by atoms with Crippen molar-refractivity contribution in [2.24, 2.45) is 17.8 Å². The van der Waals surface area contributed by atoms with Gasteiger partial charge in [-0.25, -0.2) is 0 Å². The fraction of sp³-hybridized carbons (Fsp3) is 0.661. The number of esters is 1. The van der Waals surface area contributed by atoms with E-state index in [4.69, 9.17) is 14.2 Å². The van der Waals surface area contributed by atoms with Crippen molar-refractivity contribution in [3.63, 3.8) is 0 Å². The van der Waals surface area contributed by atoms with E-state index in [-0.39, 0.29) is 49.8 Å². The zero-order valence-electron chi connectivity index (χ0n) is 45.4. The van der Waals surface area contributed by atoms with Crippen molar-refractivity contribution < 1.29 is 49.3 Å². The number of hydrogen-bond acceptors (Lipinski definition) is 11. The van der Waals surface area contributed by atoms with E-state index in [9.17, 15) is 35.1 Å². The van der Waals surface area contributed by atoms with Gasteiger partial charge in [0.1, 0.15) is 23.9 Å². The second kappa shape index (κ2) is 27.5. The van der Waals surface area contributed by atoms with Crippen LogP contribution in [0.5, 0.6) is 0 Å². The largest absolute Gasteiger partial charge is 0.388 e. The zero-order chi connectivity index (χ0) is 52.8. The van der Waals surface area contributed by atoms with E-state index >= 15 is 0 Å². The van der Waals surface area contributed by atoms with E-state index < -0.39 is 79.1 Å². The van der Waals surface area contributed by atoms with Crippen molar-refractivity contribution >= 4 is 35.1 Å². The summed E-state index contributed by atoms with van der Waals surface area (Å²) in [5.74, 6) is -3.32. The molecule has 5 N–H and O–H groups in total. The molecule has 404 valence electrons. The summed E-state index contributed by atoms with van der Waals surface area (Å²) in [6, 6.07) is 32.2. The number of carbonyl (C=O) groups is 2. The Morgan fingerprint density at radius 2 is 1.24 bits per heavy atom. The molecule has 2 aliphatic rings. The molecule has 0 spiro atoms. The first kappa shape index (κ1) is 59.6. The number of ether oxygens (including phenoxy) is 3. The molecule has 2 fully saturated rings. The topological polar surface area (TPSA) is 169 Å². The van der Waals surface area contributed by atoms with Gasteiger partial charge < -0.3 is 49.5 Å². The monoisotopic (exact) mass is 1020 g/mol. The molecule has 14 atom stereocenters. The van der Waals surface area contributed by atoms with Crippen molar-refractivity contribution in [2.75, 3.05) is 26.8 Å². The third-order valence-electron chi connectivity index (χ3n) is 16.2. The first-order valence-corrected chi connectivity index (χ1v) is 29.5. The summed E-state index contributed by atoms with van der Waals surface area (Å²) < 4.78 is 18.6. The quantitative estimate of drug-likeness (QED) is 0.0458. The van der Waals surface area contributed by atoms with Gasteiger partial charge in [0.15, 0.2) is 6.29 Å². The molecule has 2 saturated heterocycles. The first-order chi connectivity index (χ1) is 34.2. The maximum Gasteiger partial charge on any atom is 0.126 e. The molecule has 0 aromatic heterocycles. The number of rotatable bonds is 19. The Morgan fingerprint density at radius 3 is 1.72 bits per heavy atom. The summed E-state index contributed by atoms with van der Waals surface area (Å²) in [6.07, 6.45) is 4.04. The summed E-state index contributed by atoms with van der Waals surface area (Å²) in [7, 11) is 1.51. The van der Waals surface area contributed by atoms with Gasteiger partial charge >= 0.3 is 196 Å². The fourth-order valence-electron chi connectivity index (χ4n) is 12.0. The Balaban J connectivity index is 1.21. The van der Waals surface area contributed by atoms with Gasteiger partial charge in [-0.05, 0) is 73.9 Å². The number of cyclic esters (lactones) is 1. The molecule has 0 bridgehead atoms. The summed E-state index contributed by atoms with van der Waals surface area (Å²) in [4.78, 5) is 31.6. The van der Waals surface area contributed by atoms with Crippen LogP contribution in [-0.2, 0) is 23.8 Å². The Kier molecular flexibility index (Phi) is 22.7. The van der Waals surface area contributed by atoms with Crippen LogP contribution in [0.3, 0.4) is 0 Å². The number of benzene rings is 3. The van der Waals surface area contributed by atoms with Gasteiger partial charge in [0.05, 0.1) is 35.9 Å². The number of aliphatic hydroxyl groups excluding tert-OH is 3. The predicted molar refractivity (Wildman–Crippen MR) is 292 cm³/mol. The minimum absolute atomic E-state index is 0.0967. The number of unbranched alkanes of at least 4 members (excludes halogenated alkanes) is 8. The third kappa shape index (κ3) is 15.0. The molecule has 5 rings (SSSR count). The van der Waals surface area contributed by atoms with Crippen molar-refractivity contribution in [2.45, 2.75) is 205 Å². The average molecular weight is 1020 g/mol. The number of aliphatic hydroxyl groups is 5. The van der Waals surface area contributed by atoms with Crippen molar-refractivity contribution in [1.29, 1.82) is 0 Å². The second-order valence-electron chi connectivity index (χ2n) is 22.4. The summed E-state index contributed by atoms with van der Waals surface area (Å²) in [6.45, 7) is 13.6. The van der Waals surface area contributed by atoms with Crippen LogP contribution in [0.2, 0.25) is 0 Å². The van der Waals surface area contributed by atoms with Crippen LogP contribution >= 0.6 is 7.26 Å². The molecule has 0 radical (unpaired) electrons. The van der Waals surface area contributed by atoms with Crippen LogP contribution in [0.15, 0.2) is 91.0 Å². The van der Waals surface area contributed by atoms with Gasteiger partial charge in [-0.3, -0.25) is 9.59 Å². The van der Waals surface area contributed by atoms with Gasteiger partial charge in [0, 0.05) is 18.5 Å². The zero-order valence-corrected chi connectivity index (χ0v) is 46.4. The van der Waals surface area contributed by atoms with Crippen molar-refractivity contribution in [3.8, 4) is 0 Å². The van der Waals surface area contributed by atoms with E-state index in [1.807, 2.05) is 32.8 Å². The standard InChI is InChI=1S/C59H93N2O10P/c1-11-50-59(8,68)54(65)45(6)61(40-41(2)39-58(7,67)55(43(4)52(63)44(5)56(66)70-50)71-57-53(64)49(60(9)10)38-42(3)69-57)51(62)36-28-17-15-13-12-14-16-18-29-37-72(46-30-22-19-23-31-46,47-32-24-20-25-33-47)48-34-26-21-27-35-48/h19-27,30-35,41-45,49-50,52-55,57,63-65,67-68,72H,11-18,28-29,36-40H2,1-10H3/t41?,42?,43?,44?,45?,49-,50+,52-,53+,54+,55+,57-,58+,59+/m0/s1. The van der Waals surface area contributed by atoms with Crippen LogP contribution in [0, 0.1) is 17.8 Å². The Bertz CT molecular complexity index is 1960. The van der Waals surface area contributed by atoms with Gasteiger partial charge in [0.2, 0.25) is 0 Å². The van der Waals surface area contributed by atoms with Gasteiger partial charge in [-0.1, -0.05) is 20.8 Å². The van der Waals surface area contributed by atoms with Crippen molar-refractivity contribution in [1.82, 2.24) is 9.80 Å². The third-order valence-corrected chi connectivity index (χ3v) is 21.3. The smallest absolute Gasteiger partial charge is 0.126 e. The predicted octanol–water partition coefficient (Wildman–Crippen LogP) is 7.50. The average Bonchev–Trinajstić information content (AvgIpc) is 3.36. The maximum atomic E-state index is 14.3. The van der Waals surface area contributed by atoms with Crippen LogP contribution in [0.4, 0.5) is 0 Å². The minimum Gasteiger partial charge on any atom is -0.388 e. The summed E-state index contributed by atoms with van der Waals surface area (Å²) >= 11 is 0. The molecule has 0 aliphatic carbocycles. The number of nitrogens with zero attached hydrogens (tertiary/aromatic N) is 2. The molecule has 13 heteroatoms. The van der Waals surface area contributed by atoms with Crippen LogP contribution < -0.4 is 15.9 Å². The Hall–Kier alpha value is -3.29.